The summed E-state index contributed by atoms with van der Waals surface area (Å²) in [4.78, 5) is 11.2. The zero-order valence-corrected chi connectivity index (χ0v) is 10.2. The van der Waals surface area contributed by atoms with E-state index >= 15 is 0 Å². The molecule has 0 saturated carbocycles. The number of hydrogen-bond donors (Lipinski definition) is 2. The Morgan fingerprint density at radius 1 is 1.21 bits per heavy atom. The molecule has 7 heteroatoms. The lowest BCUT2D eigenvalue weighted by Crippen LogP contribution is -2.14. The van der Waals surface area contributed by atoms with Gasteiger partial charge < -0.3 is 11.1 Å². The second-order valence-corrected chi connectivity index (χ2v) is 3.70. The van der Waals surface area contributed by atoms with Crippen LogP contribution in [-0.4, -0.2) is 5.91 Å². The summed E-state index contributed by atoms with van der Waals surface area (Å²) in [5, 5.41) is 29.1. The number of nitrogens with zero attached hydrogens (tertiary/aromatic N) is 3. The molecule has 1 rings (SSSR count). The second kappa shape index (κ2) is 6.07. The Balaban J connectivity index is 3.32. The van der Waals surface area contributed by atoms with Gasteiger partial charge in [0.1, 0.15) is 23.9 Å². The van der Waals surface area contributed by atoms with E-state index in [-0.39, 0.29) is 16.9 Å². The Kier molecular flexibility index (Phi) is 4.49. The van der Waals surface area contributed by atoms with Gasteiger partial charge in [0.2, 0.25) is 0 Å². The van der Waals surface area contributed by atoms with E-state index < -0.39 is 11.5 Å². The van der Waals surface area contributed by atoms with Crippen molar-refractivity contribution in [3.8, 4) is 18.2 Å². The van der Waals surface area contributed by atoms with E-state index in [4.69, 9.17) is 33.1 Å². The normalized spacial score (nSPS) is 8.53. The number of primary amides is 1. The van der Waals surface area contributed by atoms with Gasteiger partial charge in [-0.2, -0.15) is 15.8 Å². The van der Waals surface area contributed by atoms with Gasteiger partial charge in [0.15, 0.2) is 5.57 Å². The molecule has 1 amide bonds. The molecule has 0 saturated heterocycles. The Morgan fingerprint density at radius 2 is 1.84 bits per heavy atom. The molecule has 0 heterocycles. The average Bonchev–Trinajstić information content (AvgIpc) is 2.40. The number of amides is 1. The molecule has 1 aromatic rings. The summed E-state index contributed by atoms with van der Waals surface area (Å²) in [6, 6.07) is 9.04. The Labute approximate surface area is 113 Å². The number of hydrogen-bond acceptors (Lipinski definition) is 5. The number of halogens is 1. The minimum Gasteiger partial charge on any atom is -0.366 e. The van der Waals surface area contributed by atoms with Gasteiger partial charge in [-0.25, -0.2) is 0 Å². The zero-order valence-electron chi connectivity index (χ0n) is 9.44. The zero-order chi connectivity index (χ0) is 14.4. The standard InChI is InChI=1S/C12H6ClN5O/c13-8-1-2-10(9(3-8)12(17)19)18-11(6-16)7(4-14)5-15/h1-3,18H,(H2,17,19). The third-order valence-electron chi connectivity index (χ3n) is 2.09. The van der Waals surface area contributed by atoms with Gasteiger partial charge in [-0.05, 0) is 18.2 Å². The first kappa shape index (κ1) is 14.1. The van der Waals surface area contributed by atoms with E-state index in [1.165, 1.54) is 18.2 Å². The summed E-state index contributed by atoms with van der Waals surface area (Å²) in [6.45, 7) is 0. The monoisotopic (exact) mass is 271 g/mol. The minimum atomic E-state index is -0.752. The van der Waals surface area contributed by atoms with E-state index in [0.717, 1.165) is 0 Å². The summed E-state index contributed by atoms with van der Waals surface area (Å²) in [7, 11) is 0. The molecular formula is C12H6ClN5O. The number of nitriles is 3. The van der Waals surface area contributed by atoms with Crippen molar-refractivity contribution >= 4 is 23.2 Å². The van der Waals surface area contributed by atoms with Crippen molar-refractivity contribution in [2.75, 3.05) is 5.32 Å². The second-order valence-electron chi connectivity index (χ2n) is 3.26. The maximum absolute atomic E-state index is 11.2. The van der Waals surface area contributed by atoms with Crippen LogP contribution < -0.4 is 11.1 Å². The first-order chi connectivity index (χ1) is 9.03. The molecule has 0 aliphatic heterocycles. The Morgan fingerprint density at radius 3 is 2.32 bits per heavy atom. The number of nitrogens with one attached hydrogen (secondary N) is 1. The molecule has 3 N–H and O–H groups in total. The maximum atomic E-state index is 11.2. The van der Waals surface area contributed by atoms with E-state index in [9.17, 15) is 4.79 Å². The quantitative estimate of drug-likeness (QED) is 0.809. The number of nitrogens with two attached hydrogens (primary N) is 1. The molecule has 0 radical (unpaired) electrons. The summed E-state index contributed by atoms with van der Waals surface area (Å²) in [5.41, 5.74) is 4.75. The molecule has 0 atom stereocenters. The molecular weight excluding hydrogens is 266 g/mol. The lowest BCUT2D eigenvalue weighted by Gasteiger charge is -2.09. The van der Waals surface area contributed by atoms with Crippen molar-refractivity contribution in [2.45, 2.75) is 0 Å². The number of carbonyl (C=O) groups excluding carboxylic acids is 1. The van der Waals surface area contributed by atoms with Gasteiger partial charge in [0.05, 0.1) is 11.3 Å². The Hall–Kier alpha value is -3.01. The lowest BCUT2D eigenvalue weighted by molar-refractivity contribution is 0.100. The minimum absolute atomic E-state index is 0.0514. The van der Waals surface area contributed by atoms with Crippen molar-refractivity contribution in [3.63, 3.8) is 0 Å². The summed E-state index contributed by atoms with van der Waals surface area (Å²) in [6.07, 6.45) is 0. The van der Waals surface area contributed by atoms with E-state index in [1.807, 2.05) is 0 Å². The number of carbonyl (C=O) groups is 1. The van der Waals surface area contributed by atoms with Gasteiger partial charge in [0, 0.05) is 5.02 Å². The highest BCUT2D eigenvalue weighted by Crippen LogP contribution is 2.22. The van der Waals surface area contributed by atoms with Crippen LogP contribution in [0.4, 0.5) is 5.69 Å². The number of rotatable bonds is 3. The third-order valence-corrected chi connectivity index (χ3v) is 2.33. The van der Waals surface area contributed by atoms with Gasteiger partial charge in [0.25, 0.3) is 5.91 Å². The van der Waals surface area contributed by atoms with Gasteiger partial charge in [-0.1, -0.05) is 11.6 Å². The molecule has 0 aliphatic rings. The van der Waals surface area contributed by atoms with Crippen LogP contribution >= 0.6 is 11.6 Å². The molecule has 92 valence electrons. The van der Waals surface area contributed by atoms with E-state index in [1.54, 1.807) is 18.2 Å². The largest absolute Gasteiger partial charge is 0.366 e. The van der Waals surface area contributed by atoms with Crippen LogP contribution in [0.5, 0.6) is 0 Å². The topological polar surface area (TPSA) is 126 Å². The lowest BCUT2D eigenvalue weighted by atomic mass is 10.1. The molecule has 0 unspecified atom stereocenters. The van der Waals surface area contributed by atoms with Crippen molar-refractivity contribution in [1.29, 1.82) is 15.8 Å². The molecule has 0 fully saturated rings. The maximum Gasteiger partial charge on any atom is 0.250 e. The molecule has 0 aromatic heterocycles. The molecule has 6 nitrogen and oxygen atoms in total. The highest BCUT2D eigenvalue weighted by molar-refractivity contribution is 6.31. The van der Waals surface area contributed by atoms with Crippen LogP contribution in [-0.2, 0) is 0 Å². The van der Waals surface area contributed by atoms with Gasteiger partial charge in [-0.3, -0.25) is 4.79 Å². The van der Waals surface area contributed by atoms with Crippen LogP contribution in [0.2, 0.25) is 5.02 Å². The molecule has 1 aromatic carbocycles. The average molecular weight is 272 g/mol. The highest BCUT2D eigenvalue weighted by Gasteiger charge is 2.12. The molecule has 0 aliphatic carbocycles. The summed E-state index contributed by atoms with van der Waals surface area (Å²) >= 11 is 5.73. The Bertz CT molecular complexity index is 672. The first-order valence-corrected chi connectivity index (χ1v) is 5.22. The van der Waals surface area contributed by atoms with Crippen molar-refractivity contribution in [3.05, 3.63) is 40.1 Å². The highest BCUT2D eigenvalue weighted by atomic mass is 35.5. The van der Waals surface area contributed by atoms with Gasteiger partial charge in [-0.15, -0.1) is 0 Å². The summed E-state index contributed by atoms with van der Waals surface area (Å²) in [5.74, 6) is -0.752. The molecule has 0 bridgehead atoms. The smallest absolute Gasteiger partial charge is 0.250 e. The van der Waals surface area contributed by atoms with Crippen LogP contribution in [0.3, 0.4) is 0 Å². The van der Waals surface area contributed by atoms with Gasteiger partial charge >= 0.3 is 0 Å². The van der Waals surface area contributed by atoms with Crippen molar-refractivity contribution in [1.82, 2.24) is 0 Å². The fraction of sp³-hybridized carbons (Fsp3) is 0. The van der Waals surface area contributed by atoms with E-state index in [2.05, 4.69) is 5.32 Å². The van der Waals surface area contributed by atoms with Crippen molar-refractivity contribution in [2.24, 2.45) is 5.73 Å². The third kappa shape index (κ3) is 3.23. The first-order valence-electron chi connectivity index (χ1n) is 4.84. The fourth-order valence-corrected chi connectivity index (χ4v) is 1.42. The number of anilines is 1. The van der Waals surface area contributed by atoms with Crippen molar-refractivity contribution < 1.29 is 4.79 Å². The molecule has 19 heavy (non-hydrogen) atoms. The van der Waals surface area contributed by atoms with Crippen LogP contribution in [0.25, 0.3) is 0 Å². The fourth-order valence-electron chi connectivity index (χ4n) is 1.25. The molecule has 0 spiro atoms. The SMILES string of the molecule is N#CC(C#N)=C(C#N)Nc1ccc(Cl)cc1C(N)=O. The summed E-state index contributed by atoms with van der Waals surface area (Å²) < 4.78 is 0. The van der Waals surface area contributed by atoms with Crippen LogP contribution in [0.1, 0.15) is 10.4 Å². The number of benzene rings is 1. The van der Waals surface area contributed by atoms with Crippen LogP contribution in [0, 0.1) is 34.0 Å². The number of allylic oxidation sites excluding steroid dienone is 2. The van der Waals surface area contributed by atoms with E-state index in [0.29, 0.717) is 5.02 Å². The van der Waals surface area contributed by atoms with Crippen LogP contribution in [0.15, 0.2) is 29.5 Å². The predicted octanol–water partition coefficient (Wildman–Crippen LogP) is 1.68. The predicted molar refractivity (Wildman–Crippen MR) is 67.5 cm³/mol.